The summed E-state index contributed by atoms with van der Waals surface area (Å²) in [7, 11) is -2.65. The predicted octanol–water partition coefficient (Wildman–Crippen LogP) is 5.95. The Balaban J connectivity index is 1.26. The van der Waals surface area contributed by atoms with E-state index in [0.29, 0.717) is 41.7 Å². The third kappa shape index (κ3) is 8.02. The topological polar surface area (TPSA) is 171 Å². The number of Topliss-reactive ketones (excluding diaryl/α,β-unsaturated/α-hetero) is 1. The van der Waals surface area contributed by atoms with Crippen molar-refractivity contribution >= 4 is 44.6 Å². The van der Waals surface area contributed by atoms with E-state index in [-0.39, 0.29) is 31.2 Å². The number of ketones is 1. The van der Waals surface area contributed by atoms with E-state index < -0.39 is 97.5 Å². The van der Waals surface area contributed by atoms with E-state index in [9.17, 15) is 36.4 Å². The fraction of sp³-hybridized carbons (Fsp3) is 0.714. The lowest BCUT2D eigenvalue weighted by Gasteiger charge is -2.35. The maximum Gasteiger partial charge on any atom is 0.307 e. The minimum atomic E-state index is -4.19. The molecular formula is C42H56F2N4O9S. The zero-order valence-electron chi connectivity index (χ0n) is 34.4. The number of hydrogen-bond acceptors (Lipinski definition) is 11. The molecule has 3 aliphatic carbocycles. The maximum absolute atomic E-state index is 14.9. The zero-order valence-corrected chi connectivity index (χ0v) is 35.3. The van der Waals surface area contributed by atoms with Crippen LogP contribution in [0, 0.1) is 34.5 Å². The van der Waals surface area contributed by atoms with Crippen molar-refractivity contribution in [2.24, 2.45) is 34.5 Å². The highest BCUT2D eigenvalue weighted by atomic mass is 32.2. The van der Waals surface area contributed by atoms with Crippen molar-refractivity contribution in [1.82, 2.24) is 19.6 Å². The van der Waals surface area contributed by atoms with Gasteiger partial charge in [0.05, 0.1) is 53.2 Å². The van der Waals surface area contributed by atoms with Gasteiger partial charge >= 0.3 is 5.97 Å². The molecule has 2 amide bonds. The summed E-state index contributed by atoms with van der Waals surface area (Å²) in [5.74, 6) is -5.09. The lowest BCUT2D eigenvalue weighted by Crippen LogP contribution is -2.50. The van der Waals surface area contributed by atoms with Crippen molar-refractivity contribution in [1.29, 1.82) is 0 Å². The summed E-state index contributed by atoms with van der Waals surface area (Å²) < 4.78 is 73.9. The minimum Gasteiger partial charge on any atom is -0.497 e. The summed E-state index contributed by atoms with van der Waals surface area (Å²) in [5.41, 5.74) is -1.63. The van der Waals surface area contributed by atoms with Gasteiger partial charge in [-0.3, -0.25) is 23.9 Å². The number of ether oxygens (including phenoxy) is 3. The molecule has 1 aromatic heterocycles. The third-order valence-corrected chi connectivity index (χ3v) is 15.8. The molecule has 4 fully saturated rings. The highest BCUT2D eigenvalue weighted by Gasteiger charge is 2.67. The SMILES string of the molecule is COc1ccc2nc3c(nc2c1)O[C@H]1CN(C(=O)[C@H](C(C)(C)C)CC(=O)O[C@]2(C)C[C@H]2CCCCC3)C(C(=O)C[C@]2(C(=O)NS(=O)(=O)C3(C)CC3)C[C@H]2C(F)F)[C@@H]1C. The van der Waals surface area contributed by atoms with Gasteiger partial charge in [-0.1, -0.05) is 40.5 Å². The molecule has 1 aromatic carbocycles. The number of aryl methyl sites for hydroxylation is 1. The lowest BCUT2D eigenvalue weighted by atomic mass is 9.77. The number of fused-ring (bicyclic) bond motifs is 5. The van der Waals surface area contributed by atoms with Crippen LogP contribution >= 0.6 is 0 Å². The Morgan fingerprint density at radius 2 is 1.79 bits per heavy atom. The molecule has 7 rings (SSSR count). The van der Waals surface area contributed by atoms with Crippen molar-refractivity contribution in [3.63, 3.8) is 0 Å². The second-order valence-electron chi connectivity index (χ2n) is 19.0. The number of benzene rings is 1. The number of aromatic nitrogens is 2. The van der Waals surface area contributed by atoms with E-state index in [1.807, 2.05) is 38.5 Å². The first-order chi connectivity index (χ1) is 27.1. The number of nitrogens with zero attached hydrogens (tertiary/aromatic N) is 3. The minimum absolute atomic E-state index is 0.112. The Hall–Kier alpha value is -3.95. The number of methoxy groups -OCH3 is 1. The van der Waals surface area contributed by atoms with Gasteiger partial charge in [0, 0.05) is 30.2 Å². The molecule has 3 heterocycles. The summed E-state index contributed by atoms with van der Waals surface area (Å²) in [6.07, 6.45) is 0.185. The summed E-state index contributed by atoms with van der Waals surface area (Å²) >= 11 is 0. The second kappa shape index (κ2) is 14.9. The van der Waals surface area contributed by atoms with E-state index in [4.69, 9.17) is 24.2 Å². The van der Waals surface area contributed by atoms with Crippen LogP contribution in [0.5, 0.6) is 11.6 Å². The van der Waals surface area contributed by atoms with Crippen LogP contribution in [-0.2, 0) is 40.4 Å². The van der Waals surface area contributed by atoms with Crippen molar-refractivity contribution in [3.8, 4) is 11.6 Å². The Bertz CT molecular complexity index is 2110. The fourth-order valence-electron chi connectivity index (χ4n) is 9.05. The molecule has 16 heteroatoms. The standard InChI is InChI=1S/C42H56F2N4O9S/c1-23-32-22-48(34(23)31(49)21-42(20-27(42)35(43)44)38(52)47-58(53,54)40(5)15-16-40)37(51)26(39(2,3)4)18-33(50)57-41(6)19-24(41)11-9-8-10-12-29-36(56-32)46-30-17-25(55-7)13-14-28(30)45-29/h13-14,17,23-24,26-27,32,34-35H,8-12,15-16,18-22H2,1-7H3,(H,47,52)/t23-,24-,26-,27+,32+,34?,41-,42-/m1/s1. The van der Waals surface area contributed by atoms with E-state index in [1.165, 1.54) is 11.8 Å². The molecule has 2 aromatic rings. The molecule has 0 radical (unpaired) electrons. The van der Waals surface area contributed by atoms with E-state index in [1.54, 1.807) is 26.2 Å². The van der Waals surface area contributed by atoms with Crippen LogP contribution in [0.2, 0.25) is 0 Å². The normalized spacial score (nSPS) is 32.6. The van der Waals surface area contributed by atoms with Crippen LogP contribution < -0.4 is 14.2 Å². The van der Waals surface area contributed by atoms with Crippen LogP contribution in [0.3, 0.4) is 0 Å². The maximum atomic E-state index is 14.9. The number of amides is 2. The highest BCUT2D eigenvalue weighted by molar-refractivity contribution is 7.91. The van der Waals surface area contributed by atoms with Gasteiger partial charge in [0.2, 0.25) is 34.1 Å². The van der Waals surface area contributed by atoms with E-state index in [2.05, 4.69) is 0 Å². The molecule has 318 valence electrons. The summed E-state index contributed by atoms with van der Waals surface area (Å²) in [4.78, 5) is 68.0. The molecular weight excluding hydrogens is 775 g/mol. The summed E-state index contributed by atoms with van der Waals surface area (Å²) in [6.45, 7) is 10.5. The van der Waals surface area contributed by atoms with Gasteiger partial charge < -0.3 is 19.1 Å². The Labute approximate surface area is 338 Å². The number of alkyl halides is 2. The van der Waals surface area contributed by atoms with Crippen molar-refractivity contribution in [3.05, 3.63) is 23.9 Å². The first kappa shape index (κ1) is 42.2. The van der Waals surface area contributed by atoms with Gasteiger partial charge in [-0.15, -0.1) is 0 Å². The van der Waals surface area contributed by atoms with Gasteiger partial charge in [0.15, 0.2) is 5.78 Å². The number of halogens is 2. The van der Waals surface area contributed by atoms with Crippen LogP contribution in [0.15, 0.2) is 18.2 Å². The predicted molar refractivity (Wildman–Crippen MR) is 208 cm³/mol. The van der Waals surface area contributed by atoms with E-state index in [0.717, 1.165) is 32.1 Å². The third-order valence-electron chi connectivity index (χ3n) is 13.7. The van der Waals surface area contributed by atoms with Gasteiger partial charge in [-0.25, -0.2) is 27.2 Å². The average molecular weight is 831 g/mol. The number of carbonyl (C=O) groups is 4. The molecule has 13 nitrogen and oxygen atoms in total. The summed E-state index contributed by atoms with van der Waals surface area (Å²) in [6, 6.07) is 4.08. The molecule has 1 unspecified atom stereocenters. The number of carbonyl (C=O) groups excluding carboxylic acids is 4. The molecule has 3 saturated carbocycles. The van der Waals surface area contributed by atoms with Crippen LogP contribution in [0.1, 0.15) is 111 Å². The second-order valence-corrected chi connectivity index (χ2v) is 21.2. The van der Waals surface area contributed by atoms with Crippen molar-refractivity contribution < 1.29 is 50.6 Å². The van der Waals surface area contributed by atoms with E-state index >= 15 is 0 Å². The van der Waals surface area contributed by atoms with Crippen LogP contribution in [-0.4, -0.2) is 89.4 Å². The largest absolute Gasteiger partial charge is 0.497 e. The molecule has 1 N–H and O–H groups in total. The molecule has 0 spiro atoms. The highest BCUT2D eigenvalue weighted by Crippen LogP contribution is 2.59. The van der Waals surface area contributed by atoms with Crippen molar-refractivity contribution in [2.75, 3.05) is 13.7 Å². The Morgan fingerprint density at radius 1 is 1.07 bits per heavy atom. The van der Waals surface area contributed by atoms with Gasteiger partial charge in [0.25, 0.3) is 0 Å². The average Bonchev–Trinajstić information content (AvgIpc) is 4.09. The molecule has 1 saturated heterocycles. The molecule has 8 atom stereocenters. The zero-order chi connectivity index (χ0) is 42.2. The number of esters is 1. The smallest absolute Gasteiger partial charge is 0.307 e. The fourth-order valence-corrected chi connectivity index (χ4v) is 10.4. The first-order valence-corrected chi connectivity index (χ1v) is 22.0. The molecule has 5 aliphatic rings. The number of rotatable bonds is 8. The lowest BCUT2D eigenvalue weighted by molar-refractivity contribution is -0.158. The Kier molecular flexibility index (Phi) is 10.9. The first-order valence-electron chi connectivity index (χ1n) is 20.5. The van der Waals surface area contributed by atoms with Gasteiger partial charge in [-0.05, 0) is 76.3 Å². The monoisotopic (exact) mass is 830 g/mol. The van der Waals surface area contributed by atoms with Gasteiger partial charge in [-0.2, -0.15) is 0 Å². The molecule has 58 heavy (non-hydrogen) atoms. The summed E-state index contributed by atoms with van der Waals surface area (Å²) in [5, 5.41) is 0. The Morgan fingerprint density at radius 3 is 2.43 bits per heavy atom. The van der Waals surface area contributed by atoms with Gasteiger partial charge in [0.1, 0.15) is 23.1 Å². The van der Waals surface area contributed by atoms with Crippen molar-refractivity contribution in [2.45, 2.75) is 141 Å². The van der Waals surface area contributed by atoms with Crippen LogP contribution in [0.4, 0.5) is 8.78 Å². The quantitative estimate of drug-likeness (QED) is 0.312. The number of hydrogen-bond donors (Lipinski definition) is 1. The molecule has 2 aliphatic heterocycles. The number of sulfonamides is 1. The van der Waals surface area contributed by atoms with Crippen LogP contribution in [0.25, 0.3) is 11.0 Å². The number of nitrogens with one attached hydrogen (secondary N) is 1. The molecule has 2 bridgehead atoms.